The lowest BCUT2D eigenvalue weighted by Crippen LogP contribution is -2.66. The number of carbonyl (C=O) groups is 1. The van der Waals surface area contributed by atoms with Crippen molar-refractivity contribution < 1.29 is 9.90 Å². The first-order valence-electron chi connectivity index (χ1n) is 14.5. The summed E-state index contributed by atoms with van der Waals surface area (Å²) in [6.45, 7) is 16.8. The van der Waals surface area contributed by atoms with Crippen molar-refractivity contribution in [2.24, 2.45) is 50.2 Å². The number of nitriles is 1. The van der Waals surface area contributed by atoms with Crippen LogP contribution >= 0.6 is 0 Å². The minimum absolute atomic E-state index is 0.0282. The molecule has 0 aromatic carbocycles. The molecule has 0 bridgehead atoms. The lowest BCUT2D eigenvalue weighted by atomic mass is 9.33. The summed E-state index contributed by atoms with van der Waals surface area (Å²) < 4.78 is 0. The maximum atomic E-state index is 14.3. The van der Waals surface area contributed by atoms with Crippen LogP contribution < -0.4 is 0 Å². The van der Waals surface area contributed by atoms with Gasteiger partial charge in [0, 0.05) is 12.3 Å². The molecule has 0 amide bonds. The SMILES string of the molecule is CC1(C)[C@@H](O)CC[C@]2(C)[C@H]3C(=O)C=C4[C@@H]5C[C@@](C)(CCC#N)CC[C@]5(C)CC[C@@]4(C)[C@]3(C)CC[C@@H]12. The highest BCUT2D eigenvalue weighted by atomic mass is 16.3. The first kappa shape index (κ1) is 25.5. The fraction of sp³-hybridized carbons (Fsp3) is 0.875. The van der Waals surface area contributed by atoms with Crippen LogP contribution in [0.4, 0.5) is 0 Å². The molecule has 0 spiro atoms. The Bertz CT molecular complexity index is 990. The Labute approximate surface area is 214 Å². The average molecular weight is 480 g/mol. The lowest BCUT2D eigenvalue weighted by molar-refractivity contribution is -0.202. The van der Waals surface area contributed by atoms with Gasteiger partial charge in [-0.05, 0) is 115 Å². The highest BCUT2D eigenvalue weighted by Crippen LogP contribution is 2.75. The predicted octanol–water partition coefficient (Wildman–Crippen LogP) is 7.63. The van der Waals surface area contributed by atoms with Crippen molar-refractivity contribution in [1.29, 1.82) is 5.26 Å². The molecule has 0 heterocycles. The summed E-state index contributed by atoms with van der Waals surface area (Å²) in [5.41, 5.74) is 1.78. The Balaban J connectivity index is 1.58. The van der Waals surface area contributed by atoms with Crippen LogP contribution in [0.25, 0.3) is 0 Å². The van der Waals surface area contributed by atoms with Crippen LogP contribution in [0.3, 0.4) is 0 Å². The molecule has 0 unspecified atom stereocenters. The van der Waals surface area contributed by atoms with Crippen LogP contribution in [-0.2, 0) is 4.79 Å². The number of ketones is 1. The van der Waals surface area contributed by atoms with Gasteiger partial charge in [0.05, 0.1) is 12.2 Å². The largest absolute Gasteiger partial charge is 0.393 e. The van der Waals surface area contributed by atoms with Gasteiger partial charge >= 0.3 is 0 Å². The summed E-state index contributed by atoms with van der Waals surface area (Å²) in [6, 6.07) is 2.39. The van der Waals surface area contributed by atoms with Crippen LogP contribution in [0.15, 0.2) is 11.6 Å². The second-order valence-corrected chi connectivity index (χ2v) is 15.5. The average Bonchev–Trinajstić information content (AvgIpc) is 2.78. The van der Waals surface area contributed by atoms with Crippen molar-refractivity contribution >= 4 is 5.78 Å². The molecule has 5 aliphatic carbocycles. The maximum Gasteiger partial charge on any atom is 0.159 e. The normalized spacial score (nSPS) is 52.8. The van der Waals surface area contributed by atoms with E-state index in [2.05, 4.69) is 60.6 Å². The van der Waals surface area contributed by atoms with Crippen LogP contribution in [-0.4, -0.2) is 17.0 Å². The van der Waals surface area contributed by atoms with Crippen LogP contribution in [0, 0.1) is 61.6 Å². The zero-order valence-electron chi connectivity index (χ0n) is 23.5. The van der Waals surface area contributed by atoms with E-state index in [1.807, 2.05) is 0 Å². The molecular weight excluding hydrogens is 430 g/mol. The van der Waals surface area contributed by atoms with Crippen molar-refractivity contribution in [3.8, 4) is 6.07 Å². The smallest absolute Gasteiger partial charge is 0.159 e. The molecule has 194 valence electrons. The molecule has 9 atom stereocenters. The van der Waals surface area contributed by atoms with Crippen molar-refractivity contribution in [1.82, 2.24) is 0 Å². The number of rotatable bonds is 2. The van der Waals surface area contributed by atoms with Crippen LogP contribution in [0.5, 0.6) is 0 Å². The predicted molar refractivity (Wildman–Crippen MR) is 140 cm³/mol. The molecule has 35 heavy (non-hydrogen) atoms. The van der Waals surface area contributed by atoms with Crippen molar-refractivity contribution in [2.75, 3.05) is 0 Å². The fourth-order valence-electron chi connectivity index (χ4n) is 10.8. The van der Waals surface area contributed by atoms with Gasteiger partial charge in [0.1, 0.15) is 0 Å². The highest BCUT2D eigenvalue weighted by Gasteiger charge is 2.70. The van der Waals surface area contributed by atoms with E-state index >= 15 is 0 Å². The summed E-state index contributed by atoms with van der Waals surface area (Å²) in [4.78, 5) is 14.3. The van der Waals surface area contributed by atoms with E-state index in [0.29, 0.717) is 24.0 Å². The molecule has 0 aromatic rings. The third kappa shape index (κ3) is 3.27. The van der Waals surface area contributed by atoms with Crippen molar-refractivity contribution in [3.63, 3.8) is 0 Å². The lowest BCUT2D eigenvalue weighted by Gasteiger charge is -2.70. The second kappa shape index (κ2) is 7.69. The Morgan fingerprint density at radius 3 is 2.34 bits per heavy atom. The van der Waals surface area contributed by atoms with Crippen LogP contribution in [0.1, 0.15) is 119 Å². The Kier molecular flexibility index (Phi) is 5.60. The van der Waals surface area contributed by atoms with Gasteiger partial charge < -0.3 is 5.11 Å². The standard InChI is InChI=1S/C32H49NO2/c1-27(2)24-9-13-32(7)26(30(24,5)12-10-25(27)35)23(34)19-21-22-20-28(3,11-8-18-33)14-15-29(22,4)16-17-31(21,32)6/h19,22,24-26,35H,8-17,20H2,1-7H3/t22-,24-,25-,26+,28-,29+,30-,31+,32+/m0/s1. The van der Waals surface area contributed by atoms with E-state index in [9.17, 15) is 15.2 Å². The number of carbonyl (C=O) groups excluding carboxylic acids is 1. The molecule has 5 aliphatic rings. The number of hydrogen-bond acceptors (Lipinski definition) is 3. The number of aliphatic hydroxyl groups is 1. The minimum atomic E-state index is -0.269. The molecule has 3 heteroatoms. The minimum Gasteiger partial charge on any atom is -0.393 e. The topological polar surface area (TPSA) is 61.1 Å². The molecular formula is C32H49NO2. The van der Waals surface area contributed by atoms with E-state index in [1.165, 1.54) is 31.3 Å². The Morgan fingerprint density at radius 1 is 0.971 bits per heavy atom. The summed E-state index contributed by atoms with van der Waals surface area (Å²) in [7, 11) is 0. The van der Waals surface area contributed by atoms with Gasteiger partial charge in [0.2, 0.25) is 0 Å². The van der Waals surface area contributed by atoms with E-state index in [0.717, 1.165) is 38.5 Å². The Hall–Kier alpha value is -1.14. The zero-order chi connectivity index (χ0) is 25.7. The van der Waals surface area contributed by atoms with Gasteiger partial charge in [0.25, 0.3) is 0 Å². The van der Waals surface area contributed by atoms with E-state index in [4.69, 9.17) is 0 Å². The molecule has 0 saturated heterocycles. The molecule has 3 nitrogen and oxygen atoms in total. The number of nitrogens with zero attached hydrogens (tertiary/aromatic N) is 1. The molecule has 4 fully saturated rings. The maximum absolute atomic E-state index is 14.3. The second-order valence-electron chi connectivity index (χ2n) is 15.5. The number of hydrogen-bond donors (Lipinski definition) is 1. The van der Waals surface area contributed by atoms with E-state index in [1.54, 1.807) is 0 Å². The van der Waals surface area contributed by atoms with Gasteiger partial charge in [-0.15, -0.1) is 0 Å². The number of allylic oxidation sites excluding steroid dienone is 2. The molecule has 0 aromatic heterocycles. The van der Waals surface area contributed by atoms with Gasteiger partial charge in [-0.1, -0.05) is 54.0 Å². The van der Waals surface area contributed by atoms with Gasteiger partial charge in [-0.25, -0.2) is 0 Å². The third-order valence-corrected chi connectivity index (χ3v) is 13.5. The molecule has 5 rings (SSSR count). The summed E-state index contributed by atoms with van der Waals surface area (Å²) in [5, 5.41) is 20.2. The fourth-order valence-corrected chi connectivity index (χ4v) is 10.8. The number of fused-ring (bicyclic) bond motifs is 7. The Morgan fingerprint density at radius 2 is 1.66 bits per heavy atom. The van der Waals surface area contributed by atoms with Gasteiger partial charge in [-0.2, -0.15) is 5.26 Å². The monoisotopic (exact) mass is 479 g/mol. The number of aliphatic hydroxyl groups excluding tert-OH is 1. The highest BCUT2D eigenvalue weighted by molar-refractivity contribution is 5.95. The zero-order valence-corrected chi connectivity index (χ0v) is 23.5. The molecule has 0 aliphatic heterocycles. The quantitative estimate of drug-likeness (QED) is 0.443. The van der Waals surface area contributed by atoms with E-state index in [-0.39, 0.29) is 44.5 Å². The van der Waals surface area contributed by atoms with Gasteiger partial charge in [0.15, 0.2) is 5.78 Å². The molecule has 0 radical (unpaired) electrons. The molecule has 4 saturated carbocycles. The third-order valence-electron chi connectivity index (χ3n) is 13.5. The van der Waals surface area contributed by atoms with Gasteiger partial charge in [-0.3, -0.25) is 4.79 Å². The molecule has 1 N–H and O–H groups in total. The first-order chi connectivity index (χ1) is 16.2. The van der Waals surface area contributed by atoms with Crippen molar-refractivity contribution in [2.45, 2.75) is 125 Å². The summed E-state index contributed by atoms with van der Waals surface area (Å²) in [5.74, 6) is 1.27. The first-order valence-corrected chi connectivity index (χ1v) is 14.5. The summed E-state index contributed by atoms with van der Waals surface area (Å²) in [6.07, 6.45) is 13.5. The summed E-state index contributed by atoms with van der Waals surface area (Å²) >= 11 is 0. The van der Waals surface area contributed by atoms with E-state index < -0.39 is 0 Å². The van der Waals surface area contributed by atoms with Crippen molar-refractivity contribution in [3.05, 3.63) is 11.6 Å². The van der Waals surface area contributed by atoms with Crippen LogP contribution in [0.2, 0.25) is 0 Å².